The molecule has 0 bridgehead atoms. The molecular formula is C14H19IN4. The molecule has 0 aliphatic heterocycles. The highest BCUT2D eigenvalue weighted by molar-refractivity contribution is 14.1. The molecule has 0 amide bonds. The largest absolute Gasteiger partial charge is 0.313 e. The number of nitrogens with zero attached hydrogens (tertiary/aromatic N) is 3. The van der Waals surface area contributed by atoms with Gasteiger partial charge in [0.05, 0.1) is 9.77 Å². The Kier molecular flexibility index (Phi) is 5.33. The number of pyridine rings is 1. The van der Waals surface area contributed by atoms with Crippen LogP contribution in [-0.4, -0.2) is 21.3 Å². The third kappa shape index (κ3) is 4.01. The van der Waals surface area contributed by atoms with Crippen molar-refractivity contribution in [2.75, 3.05) is 6.54 Å². The minimum Gasteiger partial charge on any atom is -0.313 e. The van der Waals surface area contributed by atoms with E-state index in [9.17, 15) is 0 Å². The zero-order chi connectivity index (χ0) is 13.7. The van der Waals surface area contributed by atoms with E-state index < -0.39 is 0 Å². The minimum atomic E-state index is 0.876. The summed E-state index contributed by atoms with van der Waals surface area (Å²) in [6.45, 7) is 6.14. The van der Waals surface area contributed by atoms with Gasteiger partial charge in [0.1, 0.15) is 0 Å². The van der Waals surface area contributed by atoms with Crippen molar-refractivity contribution in [1.82, 2.24) is 20.1 Å². The minimum absolute atomic E-state index is 0.876. The zero-order valence-corrected chi connectivity index (χ0v) is 13.5. The van der Waals surface area contributed by atoms with Gasteiger partial charge in [-0.05, 0) is 53.3 Å². The molecule has 5 heteroatoms. The van der Waals surface area contributed by atoms with E-state index in [1.807, 2.05) is 17.1 Å². The van der Waals surface area contributed by atoms with Crippen LogP contribution in [0.3, 0.4) is 0 Å². The van der Waals surface area contributed by atoms with Crippen LogP contribution in [0.4, 0.5) is 0 Å². The van der Waals surface area contributed by atoms with Crippen molar-refractivity contribution in [3.63, 3.8) is 0 Å². The summed E-state index contributed by atoms with van der Waals surface area (Å²) >= 11 is 2.26. The second-order valence-corrected chi connectivity index (χ2v) is 5.70. The fourth-order valence-electron chi connectivity index (χ4n) is 1.93. The Bertz CT molecular complexity index is 536. The maximum atomic E-state index is 4.68. The van der Waals surface area contributed by atoms with E-state index in [0.29, 0.717) is 0 Å². The van der Waals surface area contributed by atoms with Crippen molar-refractivity contribution in [3.8, 4) is 5.82 Å². The molecule has 0 aromatic carbocycles. The third-order valence-electron chi connectivity index (χ3n) is 2.80. The van der Waals surface area contributed by atoms with Gasteiger partial charge in [0.2, 0.25) is 0 Å². The molecule has 2 aromatic rings. The highest BCUT2D eigenvalue weighted by atomic mass is 127. The van der Waals surface area contributed by atoms with E-state index in [0.717, 1.165) is 41.0 Å². The predicted molar refractivity (Wildman–Crippen MR) is 85.5 cm³/mol. The number of hydrogen-bond donors (Lipinski definition) is 1. The first-order chi connectivity index (χ1) is 9.22. The standard InChI is InChI=1S/C14H19IN4/c1-3-5-13-6-11(8-16-4-2)7-14(18-13)19-10-12(15)9-17-19/h6-7,9-10,16H,3-5,8H2,1-2H3. The summed E-state index contributed by atoms with van der Waals surface area (Å²) in [6.07, 6.45) is 5.95. The summed E-state index contributed by atoms with van der Waals surface area (Å²) in [5.41, 5.74) is 2.40. The lowest BCUT2D eigenvalue weighted by Crippen LogP contribution is -2.13. The van der Waals surface area contributed by atoms with Crippen LogP contribution in [0, 0.1) is 3.57 Å². The highest BCUT2D eigenvalue weighted by Crippen LogP contribution is 2.13. The van der Waals surface area contributed by atoms with Crippen molar-refractivity contribution in [3.05, 3.63) is 39.4 Å². The average molecular weight is 370 g/mol. The molecule has 2 heterocycles. The van der Waals surface area contributed by atoms with Crippen LogP contribution in [0.25, 0.3) is 5.82 Å². The maximum Gasteiger partial charge on any atom is 0.153 e. The number of rotatable bonds is 6. The number of hydrogen-bond acceptors (Lipinski definition) is 3. The summed E-state index contributed by atoms with van der Waals surface area (Å²) < 4.78 is 2.96. The lowest BCUT2D eigenvalue weighted by molar-refractivity contribution is 0.718. The third-order valence-corrected chi connectivity index (χ3v) is 3.35. The average Bonchev–Trinajstić information content (AvgIpc) is 2.83. The van der Waals surface area contributed by atoms with E-state index in [4.69, 9.17) is 0 Å². The molecule has 0 spiro atoms. The van der Waals surface area contributed by atoms with Gasteiger partial charge in [-0.2, -0.15) is 5.10 Å². The lowest BCUT2D eigenvalue weighted by Gasteiger charge is -2.09. The van der Waals surface area contributed by atoms with Crippen LogP contribution in [0.5, 0.6) is 0 Å². The van der Waals surface area contributed by atoms with Gasteiger partial charge in [0, 0.05) is 18.4 Å². The first-order valence-corrected chi connectivity index (χ1v) is 7.72. The molecule has 102 valence electrons. The molecule has 0 radical (unpaired) electrons. The predicted octanol–water partition coefficient (Wildman–Crippen LogP) is 2.93. The molecule has 0 aliphatic carbocycles. The zero-order valence-electron chi connectivity index (χ0n) is 11.4. The van der Waals surface area contributed by atoms with Gasteiger partial charge >= 0.3 is 0 Å². The number of halogens is 1. The highest BCUT2D eigenvalue weighted by Gasteiger charge is 2.05. The van der Waals surface area contributed by atoms with Gasteiger partial charge in [-0.15, -0.1) is 0 Å². The first-order valence-electron chi connectivity index (χ1n) is 6.64. The molecule has 4 nitrogen and oxygen atoms in total. The second kappa shape index (κ2) is 7.00. The molecule has 0 unspecified atom stereocenters. The van der Waals surface area contributed by atoms with Gasteiger partial charge < -0.3 is 5.32 Å². The Balaban J connectivity index is 2.33. The second-order valence-electron chi connectivity index (χ2n) is 4.46. The van der Waals surface area contributed by atoms with Gasteiger partial charge in [0.15, 0.2) is 5.82 Å². The number of aromatic nitrogens is 3. The van der Waals surface area contributed by atoms with Crippen molar-refractivity contribution < 1.29 is 0 Å². The van der Waals surface area contributed by atoms with E-state index in [1.54, 1.807) is 0 Å². The quantitative estimate of drug-likeness (QED) is 0.796. The van der Waals surface area contributed by atoms with Crippen LogP contribution in [0.2, 0.25) is 0 Å². The Hall–Kier alpha value is -0.950. The Morgan fingerprint density at radius 3 is 2.79 bits per heavy atom. The summed E-state index contributed by atoms with van der Waals surface area (Å²) in [5, 5.41) is 7.69. The van der Waals surface area contributed by atoms with Crippen molar-refractivity contribution in [2.24, 2.45) is 0 Å². The molecule has 0 saturated heterocycles. The SMILES string of the molecule is CCCc1cc(CNCC)cc(-n2cc(I)cn2)n1. The number of aryl methyl sites for hydroxylation is 1. The van der Waals surface area contributed by atoms with E-state index in [2.05, 4.69) is 64.0 Å². The van der Waals surface area contributed by atoms with Crippen LogP contribution in [0.1, 0.15) is 31.5 Å². The van der Waals surface area contributed by atoms with Crippen molar-refractivity contribution in [2.45, 2.75) is 33.2 Å². The molecule has 1 N–H and O–H groups in total. The molecule has 19 heavy (non-hydrogen) atoms. The van der Waals surface area contributed by atoms with Gasteiger partial charge in [0.25, 0.3) is 0 Å². The lowest BCUT2D eigenvalue weighted by atomic mass is 10.1. The van der Waals surface area contributed by atoms with Crippen LogP contribution in [0.15, 0.2) is 24.5 Å². The van der Waals surface area contributed by atoms with Gasteiger partial charge in [-0.25, -0.2) is 9.67 Å². The Labute approximate surface area is 127 Å². The van der Waals surface area contributed by atoms with Crippen LogP contribution >= 0.6 is 22.6 Å². The summed E-state index contributed by atoms with van der Waals surface area (Å²) in [7, 11) is 0. The summed E-state index contributed by atoms with van der Waals surface area (Å²) in [6, 6.07) is 4.29. The normalized spacial score (nSPS) is 10.9. The topological polar surface area (TPSA) is 42.7 Å². The fourth-order valence-corrected chi connectivity index (χ4v) is 2.32. The van der Waals surface area contributed by atoms with Crippen LogP contribution in [-0.2, 0) is 13.0 Å². The van der Waals surface area contributed by atoms with E-state index >= 15 is 0 Å². The smallest absolute Gasteiger partial charge is 0.153 e. The maximum absolute atomic E-state index is 4.68. The summed E-state index contributed by atoms with van der Waals surface area (Å²) in [4.78, 5) is 4.68. The molecule has 0 fully saturated rings. The molecule has 2 aromatic heterocycles. The van der Waals surface area contributed by atoms with Gasteiger partial charge in [-0.1, -0.05) is 20.3 Å². The van der Waals surface area contributed by atoms with E-state index in [1.165, 1.54) is 5.56 Å². The molecular weight excluding hydrogens is 351 g/mol. The van der Waals surface area contributed by atoms with Crippen LogP contribution < -0.4 is 5.32 Å². The number of nitrogens with one attached hydrogen (secondary N) is 1. The Morgan fingerprint density at radius 1 is 1.32 bits per heavy atom. The van der Waals surface area contributed by atoms with Crippen molar-refractivity contribution >= 4 is 22.6 Å². The van der Waals surface area contributed by atoms with Crippen molar-refractivity contribution in [1.29, 1.82) is 0 Å². The molecule has 2 rings (SSSR count). The van der Waals surface area contributed by atoms with E-state index in [-0.39, 0.29) is 0 Å². The fraction of sp³-hybridized carbons (Fsp3) is 0.429. The Morgan fingerprint density at radius 2 is 2.16 bits per heavy atom. The molecule has 0 atom stereocenters. The monoisotopic (exact) mass is 370 g/mol. The summed E-state index contributed by atoms with van der Waals surface area (Å²) in [5.74, 6) is 0.904. The molecule has 0 saturated carbocycles. The van der Waals surface area contributed by atoms with Gasteiger partial charge in [-0.3, -0.25) is 0 Å². The first kappa shape index (κ1) is 14.5. The molecule has 0 aliphatic rings.